The molecule has 0 aliphatic carbocycles. The Bertz CT molecular complexity index is 624. The maximum atomic E-state index is 13.5. The van der Waals surface area contributed by atoms with Crippen molar-refractivity contribution in [3.05, 3.63) is 41.5 Å². The zero-order chi connectivity index (χ0) is 14.0. The number of nitrogens with two attached hydrogens (primary N) is 1. The minimum atomic E-state index is -1.34. The van der Waals surface area contributed by atoms with Crippen molar-refractivity contribution in [2.45, 2.75) is 6.54 Å². The van der Waals surface area contributed by atoms with Gasteiger partial charge < -0.3 is 16.2 Å². The van der Waals surface area contributed by atoms with Crippen molar-refractivity contribution < 1.29 is 14.3 Å². The average Bonchev–Trinajstić information content (AvgIpc) is 2.75. The van der Waals surface area contributed by atoms with Crippen LogP contribution in [0, 0.1) is 5.82 Å². The molecule has 0 aliphatic rings. The van der Waals surface area contributed by atoms with Crippen LogP contribution < -0.4 is 11.1 Å². The smallest absolute Gasteiger partial charge is 0.338 e. The van der Waals surface area contributed by atoms with Gasteiger partial charge in [-0.3, -0.25) is 4.68 Å². The zero-order valence-electron chi connectivity index (χ0n) is 10.2. The van der Waals surface area contributed by atoms with Gasteiger partial charge in [-0.1, -0.05) is 0 Å². The SMILES string of the molecule is Cn1cc(CNc2cc(F)c(C(=O)O)cc2N)cn1. The van der Waals surface area contributed by atoms with E-state index in [0.717, 1.165) is 17.7 Å². The molecule has 0 fully saturated rings. The van der Waals surface area contributed by atoms with Crippen LogP contribution in [0.15, 0.2) is 24.5 Å². The van der Waals surface area contributed by atoms with Crippen molar-refractivity contribution in [2.24, 2.45) is 7.05 Å². The molecule has 0 bridgehead atoms. The number of hydrogen-bond donors (Lipinski definition) is 3. The quantitative estimate of drug-likeness (QED) is 0.727. The summed E-state index contributed by atoms with van der Waals surface area (Å²) in [6.07, 6.45) is 3.48. The molecule has 100 valence electrons. The van der Waals surface area contributed by atoms with Crippen LogP contribution in [-0.2, 0) is 13.6 Å². The Kier molecular flexibility index (Phi) is 3.37. The molecule has 2 rings (SSSR count). The number of carboxylic acid groups (broad SMARTS) is 1. The van der Waals surface area contributed by atoms with Crippen LogP contribution >= 0.6 is 0 Å². The molecule has 0 unspecified atom stereocenters. The highest BCUT2D eigenvalue weighted by Crippen LogP contribution is 2.23. The summed E-state index contributed by atoms with van der Waals surface area (Å²) < 4.78 is 15.2. The molecule has 1 heterocycles. The second-order valence-corrected chi connectivity index (χ2v) is 4.10. The maximum absolute atomic E-state index is 13.5. The number of nitrogens with zero attached hydrogens (tertiary/aromatic N) is 2. The van der Waals surface area contributed by atoms with Crippen LogP contribution in [0.2, 0.25) is 0 Å². The van der Waals surface area contributed by atoms with E-state index < -0.39 is 17.3 Å². The predicted molar refractivity (Wildman–Crippen MR) is 68.3 cm³/mol. The van der Waals surface area contributed by atoms with E-state index in [4.69, 9.17) is 10.8 Å². The number of aromatic nitrogens is 2. The average molecular weight is 264 g/mol. The van der Waals surface area contributed by atoms with Crippen molar-refractivity contribution in [2.75, 3.05) is 11.1 Å². The number of nitrogens with one attached hydrogen (secondary N) is 1. The van der Waals surface area contributed by atoms with Crippen LogP contribution in [0.4, 0.5) is 15.8 Å². The molecular formula is C12H13FN4O2. The van der Waals surface area contributed by atoms with Gasteiger partial charge in [0.2, 0.25) is 0 Å². The normalized spacial score (nSPS) is 10.4. The Morgan fingerprint density at radius 2 is 2.32 bits per heavy atom. The van der Waals surface area contributed by atoms with Gasteiger partial charge in [-0.25, -0.2) is 9.18 Å². The molecule has 0 saturated carbocycles. The molecule has 6 nitrogen and oxygen atoms in total. The van der Waals surface area contributed by atoms with Gasteiger partial charge >= 0.3 is 5.97 Å². The number of rotatable bonds is 4. The summed E-state index contributed by atoms with van der Waals surface area (Å²) in [6.45, 7) is 0.421. The van der Waals surface area contributed by atoms with Gasteiger partial charge in [-0.15, -0.1) is 0 Å². The van der Waals surface area contributed by atoms with Crippen molar-refractivity contribution in [1.82, 2.24) is 9.78 Å². The predicted octanol–water partition coefficient (Wildman–Crippen LogP) is 1.45. The number of aromatic carboxylic acids is 1. The third-order valence-corrected chi connectivity index (χ3v) is 2.61. The number of benzene rings is 1. The number of aryl methyl sites for hydroxylation is 1. The summed E-state index contributed by atoms with van der Waals surface area (Å²) in [5.74, 6) is -2.17. The summed E-state index contributed by atoms with van der Waals surface area (Å²) in [4.78, 5) is 10.7. The Balaban J connectivity index is 2.17. The fourth-order valence-electron chi connectivity index (χ4n) is 1.67. The van der Waals surface area contributed by atoms with E-state index in [1.54, 1.807) is 17.9 Å². The molecule has 0 aliphatic heterocycles. The Hall–Kier alpha value is -2.57. The van der Waals surface area contributed by atoms with E-state index in [1.165, 1.54) is 0 Å². The number of carboxylic acids is 1. The zero-order valence-corrected chi connectivity index (χ0v) is 10.2. The Morgan fingerprint density at radius 1 is 1.58 bits per heavy atom. The van der Waals surface area contributed by atoms with Crippen LogP contribution in [-0.4, -0.2) is 20.9 Å². The van der Waals surface area contributed by atoms with Gasteiger partial charge in [-0.05, 0) is 12.1 Å². The highest BCUT2D eigenvalue weighted by Gasteiger charge is 2.13. The van der Waals surface area contributed by atoms with E-state index in [0.29, 0.717) is 12.2 Å². The topological polar surface area (TPSA) is 93.2 Å². The Labute approximate surface area is 108 Å². The summed E-state index contributed by atoms with van der Waals surface area (Å²) >= 11 is 0. The lowest BCUT2D eigenvalue weighted by Gasteiger charge is -2.09. The highest BCUT2D eigenvalue weighted by atomic mass is 19.1. The number of halogens is 1. The van der Waals surface area contributed by atoms with E-state index in [9.17, 15) is 9.18 Å². The van der Waals surface area contributed by atoms with Gasteiger partial charge in [0.05, 0.1) is 23.1 Å². The van der Waals surface area contributed by atoms with Gasteiger partial charge in [0.25, 0.3) is 0 Å². The number of anilines is 2. The molecule has 0 spiro atoms. The third-order valence-electron chi connectivity index (χ3n) is 2.61. The molecule has 1 aromatic carbocycles. The number of nitrogen functional groups attached to an aromatic ring is 1. The van der Waals surface area contributed by atoms with Gasteiger partial charge in [0.15, 0.2) is 0 Å². The van der Waals surface area contributed by atoms with Gasteiger partial charge in [0, 0.05) is 25.4 Å². The molecular weight excluding hydrogens is 251 g/mol. The first kappa shape index (κ1) is 12.9. The van der Waals surface area contributed by atoms with E-state index >= 15 is 0 Å². The second kappa shape index (κ2) is 4.97. The first-order valence-corrected chi connectivity index (χ1v) is 5.51. The summed E-state index contributed by atoms with van der Waals surface area (Å²) in [7, 11) is 1.79. The fraction of sp³-hybridized carbons (Fsp3) is 0.167. The minimum Gasteiger partial charge on any atom is -0.478 e. The number of hydrogen-bond acceptors (Lipinski definition) is 4. The molecule has 0 atom stereocenters. The molecule has 19 heavy (non-hydrogen) atoms. The van der Waals surface area contributed by atoms with Crippen molar-refractivity contribution >= 4 is 17.3 Å². The van der Waals surface area contributed by atoms with E-state index in [2.05, 4.69) is 10.4 Å². The van der Waals surface area contributed by atoms with Gasteiger partial charge in [-0.2, -0.15) is 5.10 Å². The number of carbonyl (C=O) groups is 1. The van der Waals surface area contributed by atoms with Gasteiger partial charge in [0.1, 0.15) is 5.82 Å². The molecule has 7 heteroatoms. The monoisotopic (exact) mass is 264 g/mol. The van der Waals surface area contributed by atoms with E-state index in [1.807, 2.05) is 6.20 Å². The van der Waals surface area contributed by atoms with Crippen molar-refractivity contribution in [3.8, 4) is 0 Å². The summed E-state index contributed by atoms with van der Waals surface area (Å²) in [5.41, 5.74) is 6.69. The minimum absolute atomic E-state index is 0.183. The molecule has 2 aromatic rings. The van der Waals surface area contributed by atoms with Crippen LogP contribution in [0.25, 0.3) is 0 Å². The third kappa shape index (κ3) is 2.82. The Morgan fingerprint density at radius 3 is 2.89 bits per heavy atom. The van der Waals surface area contributed by atoms with E-state index in [-0.39, 0.29) is 5.69 Å². The first-order chi connectivity index (χ1) is 8.97. The lowest BCUT2D eigenvalue weighted by molar-refractivity contribution is 0.0692. The first-order valence-electron chi connectivity index (χ1n) is 5.51. The lowest BCUT2D eigenvalue weighted by atomic mass is 10.1. The molecule has 0 saturated heterocycles. The second-order valence-electron chi connectivity index (χ2n) is 4.10. The largest absolute Gasteiger partial charge is 0.478 e. The van der Waals surface area contributed by atoms with Crippen molar-refractivity contribution in [1.29, 1.82) is 0 Å². The van der Waals surface area contributed by atoms with Crippen LogP contribution in [0.3, 0.4) is 0 Å². The standard InChI is InChI=1S/C12H13FN4O2/c1-17-6-7(5-16-17)4-15-11-3-9(13)8(12(18)19)2-10(11)14/h2-3,5-6,15H,4,14H2,1H3,(H,18,19). The summed E-state index contributed by atoms with van der Waals surface area (Å²) in [5, 5.41) is 15.7. The summed E-state index contributed by atoms with van der Waals surface area (Å²) in [6, 6.07) is 2.18. The van der Waals surface area contributed by atoms with Crippen LogP contribution in [0.5, 0.6) is 0 Å². The fourth-order valence-corrected chi connectivity index (χ4v) is 1.67. The molecule has 0 amide bonds. The maximum Gasteiger partial charge on any atom is 0.338 e. The lowest BCUT2D eigenvalue weighted by Crippen LogP contribution is -2.07. The van der Waals surface area contributed by atoms with Crippen LogP contribution in [0.1, 0.15) is 15.9 Å². The molecule has 1 aromatic heterocycles. The molecule has 4 N–H and O–H groups in total. The highest BCUT2D eigenvalue weighted by molar-refractivity contribution is 5.90. The van der Waals surface area contributed by atoms with Crippen molar-refractivity contribution in [3.63, 3.8) is 0 Å². The molecule has 0 radical (unpaired) electrons.